The second kappa shape index (κ2) is 5.04. The maximum atomic E-state index is 4.80. The molecule has 1 saturated heterocycles. The number of anilines is 1. The van der Waals surface area contributed by atoms with Crippen molar-refractivity contribution in [2.45, 2.75) is 51.9 Å². The van der Waals surface area contributed by atoms with Crippen molar-refractivity contribution in [1.82, 2.24) is 9.97 Å². The van der Waals surface area contributed by atoms with Crippen molar-refractivity contribution in [2.75, 3.05) is 18.0 Å². The van der Waals surface area contributed by atoms with Crippen LogP contribution in [-0.2, 0) is 0 Å². The molecule has 0 aromatic carbocycles. The predicted molar refractivity (Wildman–Crippen MR) is 81.6 cm³/mol. The molecular weight excluding hydrogens is 302 g/mol. The van der Waals surface area contributed by atoms with E-state index in [0.717, 1.165) is 29.3 Å². The van der Waals surface area contributed by atoms with E-state index in [1.165, 1.54) is 32.1 Å². The summed E-state index contributed by atoms with van der Waals surface area (Å²) < 4.78 is 0.935. The van der Waals surface area contributed by atoms with Crippen molar-refractivity contribution in [3.8, 4) is 0 Å². The van der Waals surface area contributed by atoms with Crippen LogP contribution in [0.5, 0.6) is 0 Å². The molecule has 1 aliphatic heterocycles. The summed E-state index contributed by atoms with van der Waals surface area (Å²) in [6.45, 7) is 6.92. The van der Waals surface area contributed by atoms with Gasteiger partial charge in [0.1, 0.15) is 16.2 Å². The molecule has 2 fully saturated rings. The molecule has 2 heterocycles. The Morgan fingerprint density at radius 1 is 1.32 bits per heavy atom. The quantitative estimate of drug-likeness (QED) is 0.780. The van der Waals surface area contributed by atoms with Crippen LogP contribution in [0.3, 0.4) is 0 Å². The fraction of sp³-hybridized carbons (Fsp3) is 0.733. The minimum atomic E-state index is 0.497. The number of hydrogen-bond acceptors (Lipinski definition) is 3. The van der Waals surface area contributed by atoms with Crippen molar-refractivity contribution in [1.29, 1.82) is 0 Å². The standard InChI is InChI=1S/C15H22BrN3/c1-3-15(4-2)7-8-19(10-15)13-9-12(16)17-14(18-13)11-5-6-11/h9,11H,3-8,10H2,1-2H3. The SMILES string of the molecule is CCC1(CC)CCN(c2cc(Br)nc(C3CC3)n2)C1. The average Bonchev–Trinajstić information content (AvgIpc) is 3.18. The van der Waals surface area contributed by atoms with Crippen molar-refractivity contribution in [3.63, 3.8) is 0 Å². The van der Waals surface area contributed by atoms with E-state index in [9.17, 15) is 0 Å². The molecule has 0 amide bonds. The highest BCUT2D eigenvalue weighted by atomic mass is 79.9. The number of halogens is 1. The molecule has 3 rings (SSSR count). The first kappa shape index (κ1) is 13.3. The molecule has 0 bridgehead atoms. The molecule has 0 radical (unpaired) electrons. The minimum Gasteiger partial charge on any atom is -0.356 e. The first-order valence-corrected chi connectivity index (χ1v) is 8.24. The van der Waals surface area contributed by atoms with Crippen molar-refractivity contribution >= 4 is 21.7 Å². The van der Waals surface area contributed by atoms with E-state index in [0.29, 0.717) is 11.3 Å². The maximum Gasteiger partial charge on any atom is 0.135 e. The third-order valence-electron chi connectivity index (χ3n) is 4.90. The highest BCUT2D eigenvalue weighted by molar-refractivity contribution is 9.10. The smallest absolute Gasteiger partial charge is 0.135 e. The van der Waals surface area contributed by atoms with Crippen LogP contribution in [0, 0.1) is 5.41 Å². The fourth-order valence-electron chi connectivity index (χ4n) is 3.07. The molecule has 0 N–H and O–H groups in total. The van der Waals surface area contributed by atoms with Gasteiger partial charge in [-0.15, -0.1) is 0 Å². The molecule has 2 aliphatic rings. The zero-order valence-corrected chi connectivity index (χ0v) is 13.4. The Balaban J connectivity index is 1.83. The molecule has 0 unspecified atom stereocenters. The molecule has 1 aliphatic carbocycles. The molecule has 19 heavy (non-hydrogen) atoms. The van der Waals surface area contributed by atoms with E-state index in [-0.39, 0.29) is 0 Å². The highest BCUT2D eigenvalue weighted by Gasteiger charge is 2.36. The topological polar surface area (TPSA) is 29.0 Å². The molecule has 1 aromatic heterocycles. The molecule has 3 nitrogen and oxygen atoms in total. The van der Waals surface area contributed by atoms with E-state index in [1.54, 1.807) is 0 Å². The van der Waals surface area contributed by atoms with Gasteiger partial charge in [0.2, 0.25) is 0 Å². The van der Waals surface area contributed by atoms with E-state index >= 15 is 0 Å². The van der Waals surface area contributed by atoms with Gasteiger partial charge in [0, 0.05) is 25.1 Å². The van der Waals surface area contributed by atoms with E-state index in [1.807, 2.05) is 0 Å². The molecule has 1 saturated carbocycles. The fourth-order valence-corrected chi connectivity index (χ4v) is 3.45. The Hall–Kier alpha value is -0.640. The molecule has 0 spiro atoms. The normalized spacial score (nSPS) is 21.9. The predicted octanol–water partition coefficient (Wildman–Crippen LogP) is 4.13. The Morgan fingerprint density at radius 2 is 2.05 bits per heavy atom. The Morgan fingerprint density at radius 3 is 2.63 bits per heavy atom. The summed E-state index contributed by atoms with van der Waals surface area (Å²) in [5, 5.41) is 0. The van der Waals surface area contributed by atoms with Crippen LogP contribution in [0.15, 0.2) is 10.7 Å². The van der Waals surface area contributed by atoms with E-state index in [2.05, 4.69) is 45.7 Å². The van der Waals surface area contributed by atoms with E-state index < -0.39 is 0 Å². The summed E-state index contributed by atoms with van der Waals surface area (Å²) in [5.41, 5.74) is 0.497. The van der Waals surface area contributed by atoms with Gasteiger partial charge in [-0.1, -0.05) is 13.8 Å². The lowest BCUT2D eigenvalue weighted by Crippen LogP contribution is -2.27. The van der Waals surface area contributed by atoms with Gasteiger partial charge in [0.15, 0.2) is 0 Å². The first-order valence-electron chi connectivity index (χ1n) is 7.45. The summed E-state index contributed by atoms with van der Waals surface area (Å²) in [6.07, 6.45) is 6.33. The first-order chi connectivity index (χ1) is 9.15. The van der Waals surface area contributed by atoms with Crippen LogP contribution in [0.4, 0.5) is 5.82 Å². The van der Waals surface area contributed by atoms with Gasteiger partial charge in [0.25, 0.3) is 0 Å². The summed E-state index contributed by atoms with van der Waals surface area (Å²) in [7, 11) is 0. The summed E-state index contributed by atoms with van der Waals surface area (Å²) in [5.74, 6) is 2.77. The maximum absolute atomic E-state index is 4.80. The van der Waals surface area contributed by atoms with Gasteiger partial charge in [-0.3, -0.25) is 0 Å². The van der Waals surface area contributed by atoms with Gasteiger partial charge >= 0.3 is 0 Å². The largest absolute Gasteiger partial charge is 0.356 e. The Kier molecular flexibility index (Phi) is 3.54. The number of hydrogen-bond donors (Lipinski definition) is 0. The van der Waals surface area contributed by atoms with Crippen molar-refractivity contribution < 1.29 is 0 Å². The summed E-state index contributed by atoms with van der Waals surface area (Å²) in [4.78, 5) is 11.8. The molecule has 0 atom stereocenters. The zero-order chi connectivity index (χ0) is 13.5. The summed E-state index contributed by atoms with van der Waals surface area (Å²) >= 11 is 3.54. The second-order valence-corrected chi connectivity index (χ2v) is 6.87. The third-order valence-corrected chi connectivity index (χ3v) is 5.31. The van der Waals surface area contributed by atoms with Crippen LogP contribution in [0.25, 0.3) is 0 Å². The molecule has 4 heteroatoms. The average molecular weight is 324 g/mol. The van der Waals surface area contributed by atoms with Crippen LogP contribution in [-0.4, -0.2) is 23.1 Å². The van der Waals surface area contributed by atoms with Gasteiger partial charge in [0.05, 0.1) is 0 Å². The van der Waals surface area contributed by atoms with E-state index in [4.69, 9.17) is 4.98 Å². The second-order valence-electron chi connectivity index (χ2n) is 6.06. The lowest BCUT2D eigenvalue weighted by atomic mass is 9.82. The lowest BCUT2D eigenvalue weighted by molar-refractivity contribution is 0.301. The highest BCUT2D eigenvalue weighted by Crippen LogP contribution is 2.41. The van der Waals surface area contributed by atoms with Crippen LogP contribution in [0.1, 0.15) is 57.7 Å². The van der Waals surface area contributed by atoms with Gasteiger partial charge in [-0.05, 0) is 53.4 Å². The third kappa shape index (κ3) is 2.64. The number of aromatic nitrogens is 2. The zero-order valence-electron chi connectivity index (χ0n) is 11.8. The summed E-state index contributed by atoms with van der Waals surface area (Å²) in [6, 6.07) is 2.08. The van der Waals surface area contributed by atoms with Crippen LogP contribution >= 0.6 is 15.9 Å². The van der Waals surface area contributed by atoms with Gasteiger partial charge in [-0.25, -0.2) is 9.97 Å². The lowest BCUT2D eigenvalue weighted by Gasteiger charge is -2.26. The van der Waals surface area contributed by atoms with Crippen molar-refractivity contribution in [2.24, 2.45) is 5.41 Å². The Labute approximate surface area is 124 Å². The van der Waals surface area contributed by atoms with Gasteiger partial charge in [-0.2, -0.15) is 0 Å². The minimum absolute atomic E-state index is 0.497. The number of nitrogens with zero attached hydrogens (tertiary/aromatic N) is 3. The molecular formula is C15H22BrN3. The van der Waals surface area contributed by atoms with Crippen LogP contribution < -0.4 is 4.90 Å². The van der Waals surface area contributed by atoms with Crippen LogP contribution in [0.2, 0.25) is 0 Å². The van der Waals surface area contributed by atoms with Gasteiger partial charge < -0.3 is 4.90 Å². The molecule has 104 valence electrons. The number of rotatable bonds is 4. The monoisotopic (exact) mass is 323 g/mol. The molecule has 1 aromatic rings. The Bertz CT molecular complexity index is 466. The van der Waals surface area contributed by atoms with Crippen molar-refractivity contribution in [3.05, 3.63) is 16.5 Å².